The Morgan fingerprint density at radius 3 is 2.50 bits per heavy atom. The number of carbonyl (C=O) groups excluding carboxylic acids is 2. The maximum atomic E-state index is 14.7. The first-order chi connectivity index (χ1) is 13.2. The summed E-state index contributed by atoms with van der Waals surface area (Å²) in [5.41, 5.74) is 0.366. The van der Waals surface area contributed by atoms with Crippen LogP contribution in [0, 0.1) is 23.6 Å². The van der Waals surface area contributed by atoms with Gasteiger partial charge >= 0.3 is 12.1 Å². The third kappa shape index (κ3) is 3.41. The minimum absolute atomic E-state index is 0.0902. The summed E-state index contributed by atoms with van der Waals surface area (Å²) in [5.74, 6) is -0.273. The zero-order valence-corrected chi connectivity index (χ0v) is 16.2. The summed E-state index contributed by atoms with van der Waals surface area (Å²) in [7, 11) is 0. The first-order valence-electron chi connectivity index (χ1n) is 9.54. The maximum absolute atomic E-state index is 14.7. The summed E-state index contributed by atoms with van der Waals surface area (Å²) < 4.78 is 25.2. The Kier molecular flexibility index (Phi) is 4.49. The van der Waals surface area contributed by atoms with E-state index >= 15 is 0 Å². The van der Waals surface area contributed by atoms with Crippen molar-refractivity contribution >= 4 is 23.4 Å². The highest BCUT2D eigenvalue weighted by Gasteiger charge is 2.61. The molecular weight excluding hydrogens is 367 g/mol. The number of fused-ring (bicyclic) bond motifs is 1. The summed E-state index contributed by atoms with van der Waals surface area (Å²) in [6.07, 6.45) is -1.18. The van der Waals surface area contributed by atoms with Gasteiger partial charge in [0.25, 0.3) is 0 Å². The minimum atomic E-state index is -0.592. The van der Waals surface area contributed by atoms with Crippen molar-refractivity contribution in [3.63, 3.8) is 0 Å². The fraction of sp³-hybridized carbons (Fsp3) is 0.600. The zero-order chi connectivity index (χ0) is 20.2. The Morgan fingerprint density at radius 1 is 1.29 bits per heavy atom. The molecule has 2 aliphatic heterocycles. The van der Waals surface area contributed by atoms with Gasteiger partial charge in [-0.3, -0.25) is 9.69 Å². The van der Waals surface area contributed by atoms with Crippen LogP contribution in [-0.4, -0.2) is 55.1 Å². The van der Waals surface area contributed by atoms with Gasteiger partial charge < -0.3 is 19.5 Å². The van der Waals surface area contributed by atoms with Gasteiger partial charge in [0.2, 0.25) is 0 Å². The van der Waals surface area contributed by atoms with E-state index in [0.29, 0.717) is 24.5 Å². The molecule has 0 spiro atoms. The van der Waals surface area contributed by atoms with Crippen LogP contribution in [0.1, 0.15) is 20.8 Å². The van der Waals surface area contributed by atoms with Gasteiger partial charge in [0, 0.05) is 13.1 Å². The Bertz CT molecular complexity index is 796. The Balaban J connectivity index is 1.40. The minimum Gasteiger partial charge on any atom is -0.460 e. The van der Waals surface area contributed by atoms with Gasteiger partial charge in [-0.1, -0.05) is 0 Å². The van der Waals surface area contributed by atoms with Crippen molar-refractivity contribution in [3.05, 3.63) is 24.0 Å². The number of aliphatic hydroxyl groups is 1. The average molecular weight is 392 g/mol. The second-order valence-corrected chi connectivity index (χ2v) is 8.73. The lowest BCUT2D eigenvalue weighted by atomic mass is 10.1. The molecule has 3 atom stereocenters. The fourth-order valence-electron chi connectivity index (χ4n) is 4.19. The molecule has 1 aromatic rings. The fourth-order valence-corrected chi connectivity index (χ4v) is 4.19. The van der Waals surface area contributed by atoms with Crippen molar-refractivity contribution in [1.29, 1.82) is 0 Å². The van der Waals surface area contributed by atoms with E-state index in [9.17, 15) is 14.0 Å². The second kappa shape index (κ2) is 6.62. The molecule has 1 aliphatic carbocycles. The van der Waals surface area contributed by atoms with Gasteiger partial charge in [-0.15, -0.1) is 0 Å². The number of esters is 1. The molecule has 7 nitrogen and oxygen atoms in total. The van der Waals surface area contributed by atoms with E-state index in [1.54, 1.807) is 12.1 Å². The molecule has 1 amide bonds. The number of carbonyl (C=O) groups is 2. The van der Waals surface area contributed by atoms with E-state index in [2.05, 4.69) is 0 Å². The van der Waals surface area contributed by atoms with Crippen LogP contribution in [0.15, 0.2) is 18.2 Å². The number of amides is 1. The van der Waals surface area contributed by atoms with Crippen molar-refractivity contribution in [3.8, 4) is 0 Å². The highest BCUT2D eigenvalue weighted by Crippen LogP contribution is 2.53. The number of piperidine rings is 1. The first kappa shape index (κ1) is 19.0. The molecule has 152 valence electrons. The van der Waals surface area contributed by atoms with E-state index < -0.39 is 23.6 Å². The SMILES string of the molecule is CC(C)(C)OC(=O)C1C2CN(c3ccc(N4CC(CO)OC4=O)cc3F)CC21. The average Bonchev–Trinajstić information content (AvgIpc) is 2.94. The normalized spacial score (nSPS) is 29.0. The van der Waals surface area contributed by atoms with Crippen LogP contribution < -0.4 is 9.80 Å². The molecule has 3 aliphatic rings. The van der Waals surface area contributed by atoms with Crippen LogP contribution >= 0.6 is 0 Å². The molecule has 28 heavy (non-hydrogen) atoms. The highest BCUT2D eigenvalue weighted by atomic mass is 19.1. The summed E-state index contributed by atoms with van der Waals surface area (Å²) in [6.45, 7) is 6.71. The molecule has 3 fully saturated rings. The summed E-state index contributed by atoms with van der Waals surface area (Å²) in [4.78, 5) is 27.3. The van der Waals surface area contributed by atoms with Gasteiger partial charge in [-0.05, 0) is 50.8 Å². The van der Waals surface area contributed by atoms with Crippen molar-refractivity contribution in [2.24, 2.45) is 17.8 Å². The Labute approximate surface area is 163 Å². The standard InChI is InChI=1S/C20H25FN2O5/c1-20(2,3)28-18(25)17-13-8-22(9-14(13)17)16-5-4-11(6-15(16)21)23-7-12(10-24)27-19(23)26/h4-6,12-14,17,24H,7-10H2,1-3H3. The van der Waals surface area contributed by atoms with Gasteiger partial charge in [0.05, 0.1) is 30.4 Å². The summed E-state index contributed by atoms with van der Waals surface area (Å²) in [6, 6.07) is 4.64. The van der Waals surface area contributed by atoms with Gasteiger partial charge in [0.1, 0.15) is 17.5 Å². The summed E-state index contributed by atoms with van der Waals surface area (Å²) in [5, 5.41) is 9.12. The predicted octanol–water partition coefficient (Wildman–Crippen LogP) is 2.17. The molecule has 2 heterocycles. The Morgan fingerprint density at radius 2 is 1.96 bits per heavy atom. The maximum Gasteiger partial charge on any atom is 0.414 e. The number of ether oxygens (including phenoxy) is 2. The number of hydrogen-bond acceptors (Lipinski definition) is 6. The lowest BCUT2D eigenvalue weighted by Crippen LogP contribution is -2.31. The molecule has 0 bridgehead atoms. The van der Waals surface area contributed by atoms with Crippen molar-refractivity contribution in [2.75, 3.05) is 36.0 Å². The number of halogens is 1. The number of nitrogens with zero attached hydrogens (tertiary/aromatic N) is 2. The number of rotatable bonds is 4. The number of benzene rings is 1. The summed E-state index contributed by atoms with van der Waals surface area (Å²) >= 11 is 0. The molecule has 3 unspecified atom stereocenters. The van der Waals surface area contributed by atoms with Crippen molar-refractivity contribution < 1.29 is 28.6 Å². The van der Waals surface area contributed by atoms with E-state index in [0.717, 1.165) is 0 Å². The van der Waals surface area contributed by atoms with Crippen molar-refractivity contribution in [1.82, 2.24) is 0 Å². The zero-order valence-electron chi connectivity index (χ0n) is 16.2. The second-order valence-electron chi connectivity index (χ2n) is 8.73. The molecule has 1 N–H and O–H groups in total. The topological polar surface area (TPSA) is 79.3 Å². The molecule has 1 saturated carbocycles. The molecule has 2 saturated heterocycles. The van der Waals surface area contributed by atoms with E-state index in [1.807, 2.05) is 25.7 Å². The smallest absolute Gasteiger partial charge is 0.414 e. The van der Waals surface area contributed by atoms with Crippen LogP contribution in [0.25, 0.3) is 0 Å². The number of anilines is 2. The van der Waals surface area contributed by atoms with Crippen LogP contribution in [0.5, 0.6) is 0 Å². The van der Waals surface area contributed by atoms with E-state index in [1.165, 1.54) is 11.0 Å². The number of hydrogen-bond donors (Lipinski definition) is 1. The molecule has 1 aromatic carbocycles. The number of cyclic esters (lactones) is 1. The van der Waals surface area contributed by atoms with Crippen molar-refractivity contribution in [2.45, 2.75) is 32.5 Å². The lowest BCUT2D eigenvalue weighted by molar-refractivity contribution is -0.157. The highest BCUT2D eigenvalue weighted by molar-refractivity contribution is 5.90. The van der Waals surface area contributed by atoms with Gasteiger partial charge in [0.15, 0.2) is 0 Å². The van der Waals surface area contributed by atoms with Gasteiger partial charge in [-0.25, -0.2) is 9.18 Å². The molecular formula is C20H25FN2O5. The van der Waals surface area contributed by atoms with Crippen LogP contribution in [0.2, 0.25) is 0 Å². The monoisotopic (exact) mass is 392 g/mol. The predicted molar refractivity (Wildman–Crippen MR) is 99.6 cm³/mol. The van der Waals surface area contributed by atoms with E-state index in [-0.39, 0.29) is 36.9 Å². The number of aliphatic hydroxyl groups excluding tert-OH is 1. The third-order valence-electron chi connectivity index (χ3n) is 5.53. The quantitative estimate of drug-likeness (QED) is 0.792. The molecule has 4 rings (SSSR count). The third-order valence-corrected chi connectivity index (χ3v) is 5.53. The van der Waals surface area contributed by atoms with Crippen LogP contribution in [0.4, 0.5) is 20.6 Å². The van der Waals surface area contributed by atoms with Crippen LogP contribution in [0.3, 0.4) is 0 Å². The van der Waals surface area contributed by atoms with Crippen LogP contribution in [-0.2, 0) is 14.3 Å². The molecule has 0 radical (unpaired) electrons. The lowest BCUT2D eigenvalue weighted by Gasteiger charge is -2.25. The van der Waals surface area contributed by atoms with E-state index in [4.69, 9.17) is 14.6 Å². The molecule has 8 heteroatoms. The van der Waals surface area contributed by atoms with Gasteiger partial charge in [-0.2, -0.15) is 0 Å². The first-order valence-corrected chi connectivity index (χ1v) is 9.54. The Hall–Kier alpha value is -2.35. The largest absolute Gasteiger partial charge is 0.460 e. The molecule has 0 aromatic heterocycles.